The van der Waals surface area contributed by atoms with Crippen molar-refractivity contribution in [1.29, 1.82) is 0 Å². The fourth-order valence-corrected chi connectivity index (χ4v) is 3.35. The topological polar surface area (TPSA) is 87.1 Å². The second-order valence-corrected chi connectivity index (χ2v) is 7.24. The average molecular weight is 381 g/mol. The lowest BCUT2D eigenvalue weighted by atomic mass is 10.1. The summed E-state index contributed by atoms with van der Waals surface area (Å²) in [5.41, 5.74) is 2.50. The maximum absolute atomic E-state index is 12.7. The minimum atomic E-state index is -0.112. The molecule has 2 aromatic heterocycles. The molecule has 8 nitrogen and oxygen atoms in total. The van der Waals surface area contributed by atoms with Crippen LogP contribution < -0.4 is 5.32 Å². The Hall–Kier alpha value is -2.87. The Labute approximate surface area is 165 Å². The summed E-state index contributed by atoms with van der Waals surface area (Å²) in [7, 11) is 3.94. The number of carbonyl (C=O) groups is 1. The van der Waals surface area contributed by atoms with Crippen LogP contribution in [-0.4, -0.2) is 62.8 Å². The van der Waals surface area contributed by atoms with Crippen LogP contribution in [0, 0.1) is 13.8 Å². The Bertz CT molecular complexity index is 845. The van der Waals surface area contributed by atoms with Crippen LogP contribution in [0.3, 0.4) is 0 Å². The van der Waals surface area contributed by atoms with E-state index in [1.54, 1.807) is 18.5 Å². The monoisotopic (exact) mass is 381 g/mol. The molecule has 0 bridgehead atoms. The van der Waals surface area contributed by atoms with Gasteiger partial charge in [-0.15, -0.1) is 0 Å². The molecule has 3 rings (SSSR count). The summed E-state index contributed by atoms with van der Waals surface area (Å²) < 4.78 is 0. The van der Waals surface area contributed by atoms with Gasteiger partial charge in [-0.05, 0) is 46.9 Å². The molecule has 0 spiro atoms. The second-order valence-electron chi connectivity index (χ2n) is 7.24. The van der Waals surface area contributed by atoms with Crippen LogP contribution in [0.4, 0.5) is 11.8 Å². The number of likely N-dealkylation sites (N-methyl/N-ethyl adjacent to an activating group) is 1. The zero-order valence-electron chi connectivity index (χ0n) is 16.9. The van der Waals surface area contributed by atoms with Crippen LogP contribution in [-0.2, 0) is 4.79 Å². The Balaban J connectivity index is 1.82. The molecule has 0 aromatic carbocycles. The number of nitrogens with zero attached hydrogens (tertiary/aromatic N) is 6. The predicted molar refractivity (Wildman–Crippen MR) is 108 cm³/mol. The summed E-state index contributed by atoms with van der Waals surface area (Å²) >= 11 is 0. The van der Waals surface area contributed by atoms with Crippen LogP contribution in [0.15, 0.2) is 30.6 Å². The summed E-state index contributed by atoms with van der Waals surface area (Å²) in [6, 6.07) is 1.80. The molecule has 28 heavy (non-hydrogen) atoms. The molecule has 0 radical (unpaired) electrons. The van der Waals surface area contributed by atoms with Crippen LogP contribution in [0.25, 0.3) is 0 Å². The van der Waals surface area contributed by atoms with Crippen molar-refractivity contribution in [3.05, 3.63) is 47.7 Å². The van der Waals surface area contributed by atoms with Gasteiger partial charge in [0, 0.05) is 42.9 Å². The first kappa shape index (κ1) is 19.9. The summed E-state index contributed by atoms with van der Waals surface area (Å²) in [6.07, 6.45) is 8.62. The first-order valence-corrected chi connectivity index (χ1v) is 9.46. The van der Waals surface area contributed by atoms with Crippen molar-refractivity contribution in [3.63, 3.8) is 0 Å². The zero-order valence-corrected chi connectivity index (χ0v) is 16.9. The van der Waals surface area contributed by atoms with Gasteiger partial charge < -0.3 is 15.1 Å². The lowest BCUT2D eigenvalue weighted by Gasteiger charge is -2.24. The van der Waals surface area contributed by atoms with Gasteiger partial charge in [0.1, 0.15) is 5.69 Å². The van der Waals surface area contributed by atoms with Gasteiger partial charge in [-0.2, -0.15) is 0 Å². The lowest BCUT2D eigenvalue weighted by Crippen LogP contribution is -2.30. The van der Waals surface area contributed by atoms with E-state index in [2.05, 4.69) is 25.3 Å². The second kappa shape index (κ2) is 8.88. The fraction of sp³-hybridized carbons (Fsp3) is 0.450. The number of likely N-dealkylation sites (tertiary alicyclic amines) is 1. The van der Waals surface area contributed by atoms with Crippen LogP contribution in [0.2, 0.25) is 0 Å². The van der Waals surface area contributed by atoms with Crippen molar-refractivity contribution >= 4 is 17.7 Å². The Morgan fingerprint density at radius 2 is 1.96 bits per heavy atom. The molecule has 0 saturated carbocycles. The zero-order chi connectivity index (χ0) is 20.1. The number of amides is 1. The van der Waals surface area contributed by atoms with E-state index < -0.39 is 0 Å². The van der Waals surface area contributed by atoms with E-state index in [-0.39, 0.29) is 11.9 Å². The SMILES string of the molecule is Cc1cc(C)nc(Nc2nccnc2C2CCCN2C(=O)C=CCN(C)C)n1. The number of nitrogens with one attached hydrogen (secondary N) is 1. The maximum atomic E-state index is 12.7. The van der Waals surface area contributed by atoms with E-state index in [0.717, 1.165) is 36.5 Å². The molecule has 1 aliphatic heterocycles. The molecule has 8 heteroatoms. The maximum Gasteiger partial charge on any atom is 0.246 e. The summed E-state index contributed by atoms with van der Waals surface area (Å²) in [6.45, 7) is 5.29. The third kappa shape index (κ3) is 4.89. The largest absolute Gasteiger partial charge is 0.330 e. The third-order valence-electron chi connectivity index (χ3n) is 4.52. The van der Waals surface area contributed by atoms with Gasteiger partial charge >= 0.3 is 0 Å². The van der Waals surface area contributed by atoms with Crippen molar-refractivity contribution in [2.45, 2.75) is 32.7 Å². The molecule has 1 saturated heterocycles. The molecular formula is C20H27N7O. The van der Waals surface area contributed by atoms with Gasteiger partial charge in [-0.25, -0.2) is 15.0 Å². The van der Waals surface area contributed by atoms with Crippen molar-refractivity contribution < 1.29 is 4.79 Å². The predicted octanol–water partition coefficient (Wildman–Crippen LogP) is 2.41. The van der Waals surface area contributed by atoms with E-state index in [1.165, 1.54) is 0 Å². The molecule has 3 heterocycles. The molecule has 1 aliphatic rings. The first-order valence-electron chi connectivity index (χ1n) is 9.46. The van der Waals surface area contributed by atoms with Crippen LogP contribution in [0.5, 0.6) is 0 Å². The molecule has 2 aromatic rings. The summed E-state index contributed by atoms with van der Waals surface area (Å²) in [5.74, 6) is 1.08. The summed E-state index contributed by atoms with van der Waals surface area (Å²) in [5, 5.41) is 3.19. The molecule has 148 valence electrons. The van der Waals surface area contributed by atoms with Gasteiger partial charge in [-0.3, -0.25) is 9.78 Å². The highest BCUT2D eigenvalue weighted by molar-refractivity contribution is 5.88. The number of aromatic nitrogens is 4. The van der Waals surface area contributed by atoms with Gasteiger partial charge in [0.15, 0.2) is 5.82 Å². The molecule has 1 atom stereocenters. The quantitative estimate of drug-likeness (QED) is 0.769. The van der Waals surface area contributed by atoms with E-state index in [9.17, 15) is 4.79 Å². The Morgan fingerprint density at radius 3 is 2.68 bits per heavy atom. The fourth-order valence-electron chi connectivity index (χ4n) is 3.35. The van der Waals surface area contributed by atoms with Crippen LogP contribution in [0.1, 0.15) is 36.0 Å². The van der Waals surface area contributed by atoms with Crippen LogP contribution >= 0.6 is 0 Å². The smallest absolute Gasteiger partial charge is 0.246 e. The van der Waals surface area contributed by atoms with Gasteiger partial charge in [0.05, 0.1) is 6.04 Å². The molecule has 1 unspecified atom stereocenters. The average Bonchev–Trinajstić information content (AvgIpc) is 3.10. The Morgan fingerprint density at radius 1 is 1.25 bits per heavy atom. The minimum Gasteiger partial charge on any atom is -0.330 e. The molecule has 0 aliphatic carbocycles. The highest BCUT2D eigenvalue weighted by atomic mass is 16.2. The lowest BCUT2D eigenvalue weighted by molar-refractivity contribution is -0.127. The van der Waals surface area contributed by atoms with E-state index in [0.29, 0.717) is 18.3 Å². The molecule has 1 fully saturated rings. The minimum absolute atomic E-state index is 0.00334. The van der Waals surface area contributed by atoms with Crippen molar-refractivity contribution in [1.82, 2.24) is 29.7 Å². The Kier molecular flexibility index (Phi) is 6.30. The highest BCUT2D eigenvalue weighted by Gasteiger charge is 2.32. The number of carbonyl (C=O) groups excluding carboxylic acids is 1. The van der Waals surface area contributed by atoms with Gasteiger partial charge in [-0.1, -0.05) is 6.08 Å². The number of hydrogen-bond acceptors (Lipinski definition) is 7. The van der Waals surface area contributed by atoms with E-state index in [4.69, 9.17) is 0 Å². The standard InChI is InChI=1S/C20H27N7O/c1-14-13-15(2)24-20(23-14)25-19-18(21-9-10-22-19)16-7-5-12-27(16)17(28)8-6-11-26(3)4/h6,8-10,13,16H,5,7,11-12H2,1-4H3,(H,22,23,24,25). The first-order chi connectivity index (χ1) is 13.4. The van der Waals surface area contributed by atoms with Crippen molar-refractivity contribution in [2.75, 3.05) is 32.5 Å². The normalized spacial score (nSPS) is 16.9. The number of rotatable bonds is 6. The van der Waals surface area contributed by atoms with E-state index >= 15 is 0 Å². The molecular weight excluding hydrogens is 354 g/mol. The van der Waals surface area contributed by atoms with Gasteiger partial charge in [0.2, 0.25) is 11.9 Å². The number of anilines is 2. The number of hydrogen-bond donors (Lipinski definition) is 1. The summed E-state index contributed by atoms with van der Waals surface area (Å²) in [4.78, 5) is 34.4. The molecule has 1 amide bonds. The van der Waals surface area contributed by atoms with Crippen molar-refractivity contribution in [2.24, 2.45) is 0 Å². The number of aryl methyl sites for hydroxylation is 2. The third-order valence-corrected chi connectivity index (χ3v) is 4.52. The van der Waals surface area contributed by atoms with E-state index in [1.807, 2.05) is 49.9 Å². The molecule has 1 N–H and O–H groups in total. The van der Waals surface area contributed by atoms with Crippen molar-refractivity contribution in [3.8, 4) is 0 Å². The highest BCUT2D eigenvalue weighted by Crippen LogP contribution is 2.34. The van der Waals surface area contributed by atoms with Gasteiger partial charge in [0.25, 0.3) is 0 Å².